The highest BCUT2D eigenvalue weighted by Crippen LogP contribution is 2.30. The second-order valence-electron chi connectivity index (χ2n) is 6.41. The van der Waals surface area contributed by atoms with Crippen LogP contribution < -0.4 is 5.32 Å². The number of nitro groups is 2. The number of carbonyl (C=O) groups excluding carboxylic acids is 1. The molecule has 9 nitrogen and oxygen atoms in total. The minimum Gasteiger partial charge on any atom is -0.319 e. The molecular weight excluding hydrogens is 388 g/mol. The summed E-state index contributed by atoms with van der Waals surface area (Å²) < 4.78 is 0. The fraction of sp³-hybridized carbons (Fsp3) is 0.278. The highest BCUT2D eigenvalue weighted by molar-refractivity contribution is 6.31. The van der Waals surface area contributed by atoms with Gasteiger partial charge in [0.05, 0.1) is 16.4 Å². The first-order chi connectivity index (χ1) is 13.1. The Hall–Kier alpha value is -3.04. The Bertz CT molecular complexity index is 948. The van der Waals surface area contributed by atoms with E-state index in [4.69, 9.17) is 11.6 Å². The average Bonchev–Trinajstić information content (AvgIpc) is 2.60. The summed E-state index contributed by atoms with van der Waals surface area (Å²) in [6.07, 6.45) is 0. The van der Waals surface area contributed by atoms with E-state index in [1.54, 1.807) is 31.9 Å². The molecule has 148 valence electrons. The van der Waals surface area contributed by atoms with Crippen molar-refractivity contribution < 1.29 is 14.6 Å². The van der Waals surface area contributed by atoms with Gasteiger partial charge in [-0.3, -0.25) is 29.9 Å². The zero-order chi connectivity index (χ0) is 21.0. The molecule has 10 heteroatoms. The average molecular weight is 407 g/mol. The third-order valence-corrected chi connectivity index (χ3v) is 4.64. The van der Waals surface area contributed by atoms with Crippen molar-refractivity contribution in [1.82, 2.24) is 4.90 Å². The van der Waals surface area contributed by atoms with E-state index in [0.29, 0.717) is 16.1 Å². The normalized spacial score (nSPS) is 10.8. The molecule has 1 amide bonds. The molecular formula is C18H19ClN4O5. The molecule has 0 aliphatic rings. The Kier molecular flexibility index (Phi) is 6.66. The predicted molar refractivity (Wildman–Crippen MR) is 106 cm³/mol. The number of rotatable bonds is 7. The summed E-state index contributed by atoms with van der Waals surface area (Å²) in [7, 11) is 1.65. The smallest absolute Gasteiger partial charge is 0.293 e. The minimum atomic E-state index is -0.547. The van der Waals surface area contributed by atoms with Gasteiger partial charge in [0.1, 0.15) is 5.69 Å². The van der Waals surface area contributed by atoms with Crippen LogP contribution in [0, 0.1) is 34.1 Å². The molecule has 0 saturated heterocycles. The number of hydrogen-bond acceptors (Lipinski definition) is 6. The molecule has 2 rings (SSSR count). The molecule has 2 aromatic carbocycles. The summed E-state index contributed by atoms with van der Waals surface area (Å²) in [5.41, 5.74) is 1.83. The molecule has 0 fully saturated rings. The van der Waals surface area contributed by atoms with E-state index in [1.807, 2.05) is 0 Å². The maximum Gasteiger partial charge on any atom is 0.293 e. The third kappa shape index (κ3) is 5.02. The number of likely N-dealkylation sites (N-methyl/N-ethyl adjacent to an activating group) is 1. The topological polar surface area (TPSA) is 119 Å². The van der Waals surface area contributed by atoms with Crippen LogP contribution in [0.2, 0.25) is 5.02 Å². The zero-order valence-corrected chi connectivity index (χ0v) is 16.3. The maximum absolute atomic E-state index is 12.4. The first kappa shape index (κ1) is 21.3. The van der Waals surface area contributed by atoms with Gasteiger partial charge in [-0.1, -0.05) is 17.7 Å². The number of nitro benzene ring substituents is 2. The molecule has 0 unspecified atom stereocenters. The molecule has 0 atom stereocenters. The van der Waals surface area contributed by atoms with Gasteiger partial charge in [0.15, 0.2) is 0 Å². The molecule has 0 aliphatic carbocycles. The van der Waals surface area contributed by atoms with Gasteiger partial charge in [0.2, 0.25) is 5.91 Å². The summed E-state index contributed by atoms with van der Waals surface area (Å²) in [5.74, 6) is -0.444. The van der Waals surface area contributed by atoms with Crippen LogP contribution in [0.3, 0.4) is 0 Å². The largest absolute Gasteiger partial charge is 0.319 e. The molecule has 28 heavy (non-hydrogen) atoms. The number of nitrogens with zero attached hydrogens (tertiary/aromatic N) is 3. The lowest BCUT2D eigenvalue weighted by atomic mass is 10.1. The Labute approximate surface area is 166 Å². The van der Waals surface area contributed by atoms with E-state index >= 15 is 0 Å². The number of aryl methyl sites for hydroxylation is 1. The van der Waals surface area contributed by atoms with Gasteiger partial charge < -0.3 is 5.32 Å². The van der Waals surface area contributed by atoms with Gasteiger partial charge in [-0.25, -0.2) is 0 Å². The van der Waals surface area contributed by atoms with Crippen LogP contribution in [-0.4, -0.2) is 34.2 Å². The Balaban J connectivity index is 2.12. The van der Waals surface area contributed by atoms with Gasteiger partial charge in [-0.15, -0.1) is 0 Å². The minimum absolute atomic E-state index is 0.0798. The molecule has 0 radical (unpaired) electrons. The van der Waals surface area contributed by atoms with E-state index in [9.17, 15) is 25.0 Å². The molecule has 0 bridgehead atoms. The van der Waals surface area contributed by atoms with E-state index in [0.717, 1.165) is 5.56 Å². The van der Waals surface area contributed by atoms with Gasteiger partial charge in [-0.2, -0.15) is 0 Å². The SMILES string of the molecule is Cc1ccc([N+](=O)[O-])c(NC(=O)CN(C)Cc2cc([N+](=O)[O-])ccc2Cl)c1C. The lowest BCUT2D eigenvalue weighted by Gasteiger charge is -2.18. The van der Waals surface area contributed by atoms with Crippen LogP contribution in [0.1, 0.15) is 16.7 Å². The quantitative estimate of drug-likeness (QED) is 0.551. The van der Waals surface area contributed by atoms with Crippen LogP contribution >= 0.6 is 11.6 Å². The molecule has 1 N–H and O–H groups in total. The van der Waals surface area contributed by atoms with Crippen LogP contribution in [-0.2, 0) is 11.3 Å². The standard InChI is InChI=1S/C18H19ClN4O5/c1-11-4-7-16(23(27)28)18(12(11)2)20-17(24)10-21(3)9-13-8-14(22(25)26)5-6-15(13)19/h4-8H,9-10H2,1-3H3,(H,20,24). The molecule has 0 heterocycles. The van der Waals surface area contributed by atoms with Gasteiger partial charge in [0, 0.05) is 29.8 Å². The number of anilines is 1. The van der Waals surface area contributed by atoms with Crippen molar-refractivity contribution in [2.24, 2.45) is 0 Å². The van der Waals surface area contributed by atoms with Crippen molar-refractivity contribution in [2.75, 3.05) is 18.9 Å². The van der Waals surface area contributed by atoms with Crippen LogP contribution in [0.4, 0.5) is 17.1 Å². The molecule has 0 saturated carbocycles. The first-order valence-corrected chi connectivity index (χ1v) is 8.63. The van der Waals surface area contributed by atoms with Crippen molar-refractivity contribution >= 4 is 34.6 Å². The van der Waals surface area contributed by atoms with E-state index < -0.39 is 15.8 Å². The fourth-order valence-electron chi connectivity index (χ4n) is 2.68. The molecule has 0 aliphatic heterocycles. The lowest BCUT2D eigenvalue weighted by Crippen LogP contribution is -2.30. The first-order valence-electron chi connectivity index (χ1n) is 8.26. The summed E-state index contributed by atoms with van der Waals surface area (Å²) in [4.78, 5) is 35.1. The number of hydrogen-bond donors (Lipinski definition) is 1. The Morgan fingerprint density at radius 3 is 2.43 bits per heavy atom. The van der Waals surface area contributed by atoms with E-state index in [1.165, 1.54) is 24.3 Å². The molecule has 2 aromatic rings. The zero-order valence-electron chi connectivity index (χ0n) is 15.6. The summed E-state index contributed by atoms with van der Waals surface area (Å²) in [6.45, 7) is 3.61. The van der Waals surface area contributed by atoms with E-state index in [2.05, 4.69) is 5.32 Å². The Morgan fingerprint density at radius 2 is 1.82 bits per heavy atom. The summed E-state index contributed by atoms with van der Waals surface area (Å²) in [6, 6.07) is 7.07. The number of amides is 1. The molecule has 0 spiro atoms. The van der Waals surface area contributed by atoms with Crippen molar-refractivity contribution in [1.29, 1.82) is 0 Å². The van der Waals surface area contributed by atoms with Crippen molar-refractivity contribution in [2.45, 2.75) is 20.4 Å². The van der Waals surface area contributed by atoms with Crippen molar-refractivity contribution in [3.8, 4) is 0 Å². The monoisotopic (exact) mass is 406 g/mol. The number of non-ortho nitro benzene ring substituents is 1. The second kappa shape index (κ2) is 8.77. The predicted octanol–water partition coefficient (Wildman–Crippen LogP) is 3.84. The van der Waals surface area contributed by atoms with Crippen LogP contribution in [0.25, 0.3) is 0 Å². The number of halogens is 1. The van der Waals surface area contributed by atoms with Crippen molar-refractivity contribution in [3.05, 3.63) is 72.3 Å². The number of benzene rings is 2. The van der Waals surface area contributed by atoms with Crippen LogP contribution in [0.5, 0.6) is 0 Å². The Morgan fingerprint density at radius 1 is 1.14 bits per heavy atom. The highest BCUT2D eigenvalue weighted by atomic mass is 35.5. The lowest BCUT2D eigenvalue weighted by molar-refractivity contribution is -0.385. The fourth-order valence-corrected chi connectivity index (χ4v) is 2.86. The maximum atomic E-state index is 12.4. The van der Waals surface area contributed by atoms with E-state index in [-0.39, 0.29) is 30.2 Å². The highest BCUT2D eigenvalue weighted by Gasteiger charge is 2.20. The van der Waals surface area contributed by atoms with Gasteiger partial charge in [-0.05, 0) is 43.7 Å². The number of carbonyl (C=O) groups is 1. The number of nitrogens with one attached hydrogen (secondary N) is 1. The van der Waals surface area contributed by atoms with Crippen molar-refractivity contribution in [3.63, 3.8) is 0 Å². The molecule has 0 aromatic heterocycles. The van der Waals surface area contributed by atoms with Gasteiger partial charge in [0.25, 0.3) is 11.4 Å². The third-order valence-electron chi connectivity index (χ3n) is 4.27. The second-order valence-corrected chi connectivity index (χ2v) is 6.82. The summed E-state index contributed by atoms with van der Waals surface area (Å²) >= 11 is 6.08. The van der Waals surface area contributed by atoms with Crippen LogP contribution in [0.15, 0.2) is 30.3 Å². The van der Waals surface area contributed by atoms with Gasteiger partial charge >= 0.3 is 0 Å². The summed E-state index contributed by atoms with van der Waals surface area (Å²) in [5, 5.41) is 25.1.